The highest BCUT2D eigenvalue weighted by Gasteiger charge is 2.12. The molecule has 1 atom stereocenters. The maximum Gasteiger partial charge on any atom is 0.270 e. The third kappa shape index (κ3) is 3.03. The van der Waals surface area contributed by atoms with E-state index in [1.165, 1.54) is 24.3 Å². The third-order valence-electron chi connectivity index (χ3n) is 2.05. The summed E-state index contributed by atoms with van der Waals surface area (Å²) < 4.78 is 0. The fourth-order valence-corrected chi connectivity index (χ4v) is 1.13. The maximum atomic E-state index is 11.6. The van der Waals surface area contributed by atoms with Gasteiger partial charge in [0.15, 0.2) is 0 Å². The standard InChI is InChI=1S/C10H13N3O3/c1-7(6-11)12-10(14)8-3-2-4-9(5-8)13(15)16/h2-5,7H,6,11H2,1H3,(H,12,14). The van der Waals surface area contributed by atoms with E-state index in [1.807, 2.05) is 0 Å². The van der Waals surface area contributed by atoms with Crippen LogP contribution in [0.5, 0.6) is 0 Å². The van der Waals surface area contributed by atoms with Gasteiger partial charge in [-0.15, -0.1) is 0 Å². The van der Waals surface area contributed by atoms with Crippen molar-refractivity contribution in [3.63, 3.8) is 0 Å². The molecule has 1 aromatic rings. The van der Waals surface area contributed by atoms with Crippen LogP contribution in [-0.4, -0.2) is 23.4 Å². The smallest absolute Gasteiger partial charge is 0.270 e. The lowest BCUT2D eigenvalue weighted by Crippen LogP contribution is -2.37. The van der Waals surface area contributed by atoms with Crippen molar-refractivity contribution in [2.24, 2.45) is 5.73 Å². The van der Waals surface area contributed by atoms with Gasteiger partial charge >= 0.3 is 0 Å². The molecule has 0 heterocycles. The van der Waals surface area contributed by atoms with E-state index in [0.29, 0.717) is 6.54 Å². The van der Waals surface area contributed by atoms with Crippen molar-refractivity contribution in [3.05, 3.63) is 39.9 Å². The van der Waals surface area contributed by atoms with Gasteiger partial charge in [0.05, 0.1) is 4.92 Å². The van der Waals surface area contributed by atoms with E-state index < -0.39 is 4.92 Å². The zero-order valence-corrected chi connectivity index (χ0v) is 8.84. The molecular weight excluding hydrogens is 210 g/mol. The average Bonchev–Trinajstić information content (AvgIpc) is 2.28. The molecule has 0 radical (unpaired) electrons. The molecule has 6 heteroatoms. The predicted molar refractivity (Wildman–Crippen MR) is 59.1 cm³/mol. The molecule has 86 valence electrons. The minimum absolute atomic E-state index is 0.104. The summed E-state index contributed by atoms with van der Waals surface area (Å²) in [5, 5.41) is 13.1. The zero-order valence-electron chi connectivity index (χ0n) is 8.84. The molecule has 0 bridgehead atoms. The van der Waals surface area contributed by atoms with Gasteiger partial charge in [0.1, 0.15) is 0 Å². The molecule has 0 aliphatic carbocycles. The Morgan fingerprint density at radius 3 is 2.88 bits per heavy atom. The minimum Gasteiger partial charge on any atom is -0.348 e. The van der Waals surface area contributed by atoms with Crippen LogP contribution in [0.1, 0.15) is 17.3 Å². The summed E-state index contributed by atoms with van der Waals surface area (Å²) in [4.78, 5) is 21.6. The number of carbonyl (C=O) groups is 1. The van der Waals surface area contributed by atoms with E-state index in [9.17, 15) is 14.9 Å². The molecule has 3 N–H and O–H groups in total. The second-order valence-electron chi connectivity index (χ2n) is 3.42. The number of non-ortho nitro benzene ring substituents is 1. The topological polar surface area (TPSA) is 98.3 Å². The second-order valence-corrected chi connectivity index (χ2v) is 3.42. The summed E-state index contributed by atoms with van der Waals surface area (Å²) >= 11 is 0. The van der Waals surface area contributed by atoms with Gasteiger partial charge in [-0.25, -0.2) is 0 Å². The van der Waals surface area contributed by atoms with Gasteiger partial charge in [-0.1, -0.05) is 6.07 Å². The molecule has 0 fully saturated rings. The van der Waals surface area contributed by atoms with Crippen LogP contribution in [0.4, 0.5) is 5.69 Å². The Hall–Kier alpha value is -1.95. The largest absolute Gasteiger partial charge is 0.348 e. The van der Waals surface area contributed by atoms with Crippen molar-refractivity contribution in [2.45, 2.75) is 13.0 Å². The summed E-state index contributed by atoms with van der Waals surface area (Å²) in [7, 11) is 0. The first kappa shape index (κ1) is 12.1. The van der Waals surface area contributed by atoms with Crippen molar-refractivity contribution in [1.82, 2.24) is 5.32 Å². The number of hydrogen-bond donors (Lipinski definition) is 2. The Balaban J connectivity index is 2.83. The van der Waals surface area contributed by atoms with Gasteiger partial charge < -0.3 is 11.1 Å². The minimum atomic E-state index is -0.539. The Morgan fingerprint density at radius 1 is 1.62 bits per heavy atom. The lowest BCUT2D eigenvalue weighted by Gasteiger charge is -2.10. The predicted octanol–water partition coefficient (Wildman–Crippen LogP) is 0.672. The van der Waals surface area contributed by atoms with E-state index in [-0.39, 0.29) is 23.2 Å². The van der Waals surface area contributed by atoms with Crippen molar-refractivity contribution in [3.8, 4) is 0 Å². The van der Waals surface area contributed by atoms with E-state index in [2.05, 4.69) is 5.32 Å². The van der Waals surface area contributed by atoms with Crippen LogP contribution in [0.15, 0.2) is 24.3 Å². The number of nitrogens with two attached hydrogens (primary N) is 1. The number of amides is 1. The first-order valence-corrected chi connectivity index (χ1v) is 4.80. The fourth-order valence-electron chi connectivity index (χ4n) is 1.13. The molecule has 6 nitrogen and oxygen atoms in total. The normalized spacial score (nSPS) is 11.9. The zero-order chi connectivity index (χ0) is 12.1. The lowest BCUT2D eigenvalue weighted by atomic mass is 10.2. The van der Waals surface area contributed by atoms with E-state index in [4.69, 9.17) is 5.73 Å². The Morgan fingerprint density at radius 2 is 2.31 bits per heavy atom. The summed E-state index contributed by atoms with van der Waals surface area (Å²) in [6.07, 6.45) is 0. The van der Waals surface area contributed by atoms with E-state index in [1.54, 1.807) is 6.92 Å². The van der Waals surface area contributed by atoms with Crippen LogP contribution in [0, 0.1) is 10.1 Å². The highest BCUT2D eigenvalue weighted by atomic mass is 16.6. The average molecular weight is 223 g/mol. The summed E-state index contributed by atoms with van der Waals surface area (Å²) in [6, 6.07) is 5.40. The molecule has 0 aliphatic rings. The van der Waals surface area contributed by atoms with Crippen LogP contribution >= 0.6 is 0 Å². The third-order valence-corrected chi connectivity index (χ3v) is 2.05. The maximum absolute atomic E-state index is 11.6. The fraction of sp³-hybridized carbons (Fsp3) is 0.300. The molecule has 0 saturated heterocycles. The Labute approximate surface area is 92.6 Å². The summed E-state index contributed by atoms with van der Waals surface area (Å²) in [5.41, 5.74) is 5.51. The molecule has 1 unspecified atom stereocenters. The lowest BCUT2D eigenvalue weighted by molar-refractivity contribution is -0.384. The Kier molecular flexibility index (Phi) is 3.96. The highest BCUT2D eigenvalue weighted by molar-refractivity contribution is 5.94. The number of nitro groups is 1. The number of carbonyl (C=O) groups excluding carboxylic acids is 1. The van der Waals surface area contributed by atoms with Crippen LogP contribution in [-0.2, 0) is 0 Å². The highest BCUT2D eigenvalue weighted by Crippen LogP contribution is 2.12. The first-order valence-electron chi connectivity index (χ1n) is 4.80. The summed E-state index contributed by atoms with van der Waals surface area (Å²) in [5.74, 6) is -0.360. The second kappa shape index (κ2) is 5.22. The number of hydrogen-bond acceptors (Lipinski definition) is 4. The quantitative estimate of drug-likeness (QED) is 0.579. The molecule has 1 amide bonds. The monoisotopic (exact) mass is 223 g/mol. The molecule has 0 saturated carbocycles. The van der Waals surface area contributed by atoms with Gasteiger partial charge in [0, 0.05) is 30.3 Å². The van der Waals surface area contributed by atoms with Gasteiger partial charge in [0.2, 0.25) is 0 Å². The van der Waals surface area contributed by atoms with Gasteiger partial charge in [-0.3, -0.25) is 14.9 Å². The number of nitrogens with one attached hydrogen (secondary N) is 1. The van der Waals surface area contributed by atoms with Gasteiger partial charge in [-0.2, -0.15) is 0 Å². The number of benzene rings is 1. The molecule has 0 aromatic heterocycles. The number of nitro benzene ring substituents is 1. The molecule has 1 rings (SSSR count). The molecule has 1 aromatic carbocycles. The van der Waals surface area contributed by atoms with Crippen LogP contribution in [0.25, 0.3) is 0 Å². The van der Waals surface area contributed by atoms with E-state index in [0.717, 1.165) is 0 Å². The first-order chi connectivity index (χ1) is 7.54. The van der Waals surface area contributed by atoms with E-state index >= 15 is 0 Å². The van der Waals surface area contributed by atoms with Gasteiger partial charge in [-0.05, 0) is 13.0 Å². The molecule has 16 heavy (non-hydrogen) atoms. The van der Waals surface area contributed by atoms with Crippen LogP contribution in [0.2, 0.25) is 0 Å². The van der Waals surface area contributed by atoms with Crippen LogP contribution in [0.3, 0.4) is 0 Å². The molecular formula is C10H13N3O3. The van der Waals surface area contributed by atoms with Gasteiger partial charge in [0.25, 0.3) is 11.6 Å². The van der Waals surface area contributed by atoms with Crippen molar-refractivity contribution >= 4 is 11.6 Å². The Bertz CT molecular complexity index is 406. The molecule has 0 spiro atoms. The number of nitrogens with zero attached hydrogens (tertiary/aromatic N) is 1. The molecule has 0 aliphatic heterocycles. The van der Waals surface area contributed by atoms with Crippen molar-refractivity contribution in [2.75, 3.05) is 6.54 Å². The van der Waals surface area contributed by atoms with Crippen molar-refractivity contribution in [1.29, 1.82) is 0 Å². The van der Waals surface area contributed by atoms with Crippen molar-refractivity contribution < 1.29 is 9.72 Å². The SMILES string of the molecule is CC(CN)NC(=O)c1cccc([N+](=O)[O-])c1. The van der Waals surface area contributed by atoms with Crippen LogP contribution < -0.4 is 11.1 Å². The number of rotatable bonds is 4. The summed E-state index contributed by atoms with van der Waals surface area (Å²) in [6.45, 7) is 2.08.